The summed E-state index contributed by atoms with van der Waals surface area (Å²) >= 11 is 0. The first-order chi connectivity index (χ1) is 13.2. The first-order valence-corrected chi connectivity index (χ1v) is 11.9. The number of ketones is 1. The SMILES string of the molecule is CCCCCCCCCC(=O)CCCCCCCCCCCCCC(=O)O. The molecule has 0 aromatic heterocycles. The van der Waals surface area contributed by atoms with Gasteiger partial charge < -0.3 is 5.11 Å². The Kier molecular flexibility index (Phi) is 20.8. The number of rotatable bonds is 22. The fourth-order valence-electron chi connectivity index (χ4n) is 3.59. The third-order valence-corrected chi connectivity index (χ3v) is 5.41. The van der Waals surface area contributed by atoms with Gasteiger partial charge in [0, 0.05) is 19.3 Å². The molecule has 0 bridgehead atoms. The number of aliphatic carboxylic acids is 1. The summed E-state index contributed by atoms with van der Waals surface area (Å²) in [7, 11) is 0. The second-order valence-electron chi connectivity index (χ2n) is 8.19. The molecular weight excluding hydrogens is 336 g/mol. The zero-order valence-corrected chi connectivity index (χ0v) is 18.1. The summed E-state index contributed by atoms with van der Waals surface area (Å²) in [5, 5.41) is 8.57. The Bertz CT molecular complexity index is 339. The molecule has 0 aliphatic rings. The maximum absolute atomic E-state index is 11.9. The van der Waals surface area contributed by atoms with Gasteiger partial charge in [0.25, 0.3) is 0 Å². The first-order valence-electron chi connectivity index (χ1n) is 11.9. The predicted octanol–water partition coefficient (Wildman–Crippen LogP) is 7.85. The molecule has 0 aliphatic carbocycles. The molecule has 0 fully saturated rings. The van der Waals surface area contributed by atoms with Crippen molar-refractivity contribution in [3.63, 3.8) is 0 Å². The Hall–Kier alpha value is -0.860. The predicted molar refractivity (Wildman–Crippen MR) is 115 cm³/mol. The largest absolute Gasteiger partial charge is 0.481 e. The summed E-state index contributed by atoms with van der Waals surface area (Å²) in [6, 6.07) is 0. The van der Waals surface area contributed by atoms with Crippen molar-refractivity contribution < 1.29 is 14.7 Å². The first kappa shape index (κ1) is 26.1. The van der Waals surface area contributed by atoms with Crippen molar-refractivity contribution >= 4 is 11.8 Å². The van der Waals surface area contributed by atoms with E-state index in [1.165, 1.54) is 89.9 Å². The molecule has 0 radical (unpaired) electrons. The molecule has 1 N–H and O–H groups in total. The third kappa shape index (κ3) is 23.1. The molecular formula is C24H46O3. The van der Waals surface area contributed by atoms with Crippen LogP contribution in [0.4, 0.5) is 0 Å². The van der Waals surface area contributed by atoms with Gasteiger partial charge >= 0.3 is 5.97 Å². The van der Waals surface area contributed by atoms with Gasteiger partial charge in [0.1, 0.15) is 5.78 Å². The molecule has 27 heavy (non-hydrogen) atoms. The minimum absolute atomic E-state index is 0.321. The molecule has 0 aromatic rings. The number of hydrogen-bond donors (Lipinski definition) is 1. The minimum Gasteiger partial charge on any atom is -0.481 e. The lowest BCUT2D eigenvalue weighted by molar-refractivity contribution is -0.137. The highest BCUT2D eigenvalue weighted by Gasteiger charge is 2.02. The van der Waals surface area contributed by atoms with Crippen LogP contribution in [-0.2, 0) is 9.59 Å². The molecule has 0 atom stereocenters. The van der Waals surface area contributed by atoms with Crippen LogP contribution in [0.2, 0.25) is 0 Å². The third-order valence-electron chi connectivity index (χ3n) is 5.41. The highest BCUT2D eigenvalue weighted by Crippen LogP contribution is 2.14. The number of carbonyl (C=O) groups excluding carboxylic acids is 1. The average molecular weight is 383 g/mol. The maximum Gasteiger partial charge on any atom is 0.303 e. The van der Waals surface area contributed by atoms with Gasteiger partial charge in [-0.15, -0.1) is 0 Å². The Morgan fingerprint density at radius 2 is 0.778 bits per heavy atom. The van der Waals surface area contributed by atoms with Crippen LogP contribution >= 0.6 is 0 Å². The summed E-state index contributed by atoms with van der Waals surface area (Å²) in [6.07, 6.45) is 23.9. The van der Waals surface area contributed by atoms with Gasteiger partial charge in [0.2, 0.25) is 0 Å². The van der Waals surface area contributed by atoms with Crippen molar-refractivity contribution in [3.8, 4) is 0 Å². The number of carboxylic acid groups (broad SMARTS) is 1. The molecule has 3 heteroatoms. The molecule has 0 saturated heterocycles. The molecule has 0 saturated carbocycles. The quantitative estimate of drug-likeness (QED) is 0.194. The molecule has 0 aliphatic heterocycles. The summed E-state index contributed by atoms with van der Waals surface area (Å²) in [5.41, 5.74) is 0. The van der Waals surface area contributed by atoms with E-state index in [1.54, 1.807) is 0 Å². The van der Waals surface area contributed by atoms with Crippen LogP contribution < -0.4 is 0 Å². The number of unbranched alkanes of at least 4 members (excludes halogenated alkanes) is 16. The van der Waals surface area contributed by atoms with Gasteiger partial charge in [-0.25, -0.2) is 0 Å². The van der Waals surface area contributed by atoms with Gasteiger partial charge in [0.15, 0.2) is 0 Å². The highest BCUT2D eigenvalue weighted by molar-refractivity contribution is 5.78. The van der Waals surface area contributed by atoms with E-state index >= 15 is 0 Å². The molecule has 0 amide bonds. The Morgan fingerprint density at radius 1 is 0.481 bits per heavy atom. The van der Waals surface area contributed by atoms with E-state index in [4.69, 9.17) is 5.11 Å². The molecule has 3 nitrogen and oxygen atoms in total. The van der Waals surface area contributed by atoms with Crippen molar-refractivity contribution in [1.82, 2.24) is 0 Å². The zero-order valence-electron chi connectivity index (χ0n) is 18.1. The van der Waals surface area contributed by atoms with Crippen LogP contribution in [-0.4, -0.2) is 16.9 Å². The van der Waals surface area contributed by atoms with Gasteiger partial charge in [-0.05, 0) is 19.3 Å². The van der Waals surface area contributed by atoms with Crippen LogP contribution in [0.1, 0.15) is 142 Å². The van der Waals surface area contributed by atoms with Gasteiger partial charge in [-0.2, -0.15) is 0 Å². The highest BCUT2D eigenvalue weighted by atomic mass is 16.4. The summed E-state index contributed by atoms with van der Waals surface area (Å²) in [6.45, 7) is 2.24. The Morgan fingerprint density at radius 3 is 1.11 bits per heavy atom. The van der Waals surface area contributed by atoms with Crippen LogP contribution in [0.15, 0.2) is 0 Å². The summed E-state index contributed by atoms with van der Waals surface area (Å²) in [4.78, 5) is 22.3. The van der Waals surface area contributed by atoms with E-state index in [0.717, 1.165) is 38.5 Å². The fraction of sp³-hybridized carbons (Fsp3) is 0.917. The van der Waals surface area contributed by atoms with Crippen molar-refractivity contribution in [2.75, 3.05) is 0 Å². The average Bonchev–Trinajstić information content (AvgIpc) is 2.64. The van der Waals surface area contributed by atoms with Crippen molar-refractivity contribution in [3.05, 3.63) is 0 Å². The van der Waals surface area contributed by atoms with Crippen LogP contribution in [0.5, 0.6) is 0 Å². The lowest BCUT2D eigenvalue weighted by atomic mass is 10.0. The number of carboxylic acids is 1. The minimum atomic E-state index is -0.672. The Balaban J connectivity index is 3.14. The van der Waals surface area contributed by atoms with E-state index in [0.29, 0.717) is 12.2 Å². The van der Waals surface area contributed by atoms with Gasteiger partial charge in [-0.1, -0.05) is 103 Å². The molecule has 0 heterocycles. The number of carbonyl (C=O) groups is 2. The van der Waals surface area contributed by atoms with Crippen molar-refractivity contribution in [2.24, 2.45) is 0 Å². The monoisotopic (exact) mass is 382 g/mol. The number of Topliss-reactive ketones (excluding diaryl/α,β-unsaturated/α-hetero) is 1. The van der Waals surface area contributed by atoms with Crippen LogP contribution in [0.3, 0.4) is 0 Å². The van der Waals surface area contributed by atoms with E-state index in [-0.39, 0.29) is 0 Å². The maximum atomic E-state index is 11.9. The summed E-state index contributed by atoms with van der Waals surface area (Å²) < 4.78 is 0. The smallest absolute Gasteiger partial charge is 0.303 e. The fourth-order valence-corrected chi connectivity index (χ4v) is 3.59. The van der Waals surface area contributed by atoms with E-state index in [2.05, 4.69) is 6.92 Å². The van der Waals surface area contributed by atoms with Gasteiger partial charge in [0.05, 0.1) is 0 Å². The Labute approximate surface area is 168 Å². The van der Waals surface area contributed by atoms with Crippen LogP contribution in [0, 0.1) is 0 Å². The molecule has 0 rings (SSSR count). The normalized spacial score (nSPS) is 11.0. The zero-order chi connectivity index (χ0) is 20.0. The topological polar surface area (TPSA) is 54.4 Å². The van der Waals surface area contributed by atoms with Crippen molar-refractivity contribution in [2.45, 2.75) is 142 Å². The summed E-state index contributed by atoms with van der Waals surface area (Å²) in [5.74, 6) is -0.194. The van der Waals surface area contributed by atoms with E-state index in [1.807, 2.05) is 0 Å². The lowest BCUT2D eigenvalue weighted by Gasteiger charge is -2.04. The molecule has 0 unspecified atom stereocenters. The molecule has 0 spiro atoms. The second-order valence-corrected chi connectivity index (χ2v) is 8.19. The van der Waals surface area contributed by atoms with Crippen LogP contribution in [0.25, 0.3) is 0 Å². The number of hydrogen-bond acceptors (Lipinski definition) is 2. The van der Waals surface area contributed by atoms with E-state index in [9.17, 15) is 9.59 Å². The second kappa shape index (κ2) is 21.4. The lowest BCUT2D eigenvalue weighted by Crippen LogP contribution is -1.97. The van der Waals surface area contributed by atoms with Gasteiger partial charge in [-0.3, -0.25) is 9.59 Å². The molecule has 0 aromatic carbocycles. The van der Waals surface area contributed by atoms with Crippen molar-refractivity contribution in [1.29, 1.82) is 0 Å². The standard InChI is InChI=1S/C24H46O3/c1-2-3-4-5-11-14-17-20-23(25)21-18-15-12-9-7-6-8-10-13-16-19-22-24(26)27/h2-22H2,1H3,(H,26,27). The van der Waals surface area contributed by atoms with E-state index < -0.39 is 5.97 Å². The molecule has 160 valence electrons.